The van der Waals surface area contributed by atoms with E-state index in [2.05, 4.69) is 15.9 Å². The molecule has 0 spiro atoms. The van der Waals surface area contributed by atoms with E-state index in [-0.39, 0.29) is 35.9 Å². The molecule has 2 aromatic carbocycles. The first-order chi connectivity index (χ1) is 12.9. The third-order valence-corrected chi connectivity index (χ3v) is 5.02. The quantitative estimate of drug-likeness (QED) is 0.611. The Morgan fingerprint density at radius 2 is 1.64 bits per heavy atom. The van der Waals surface area contributed by atoms with Crippen LogP contribution in [0, 0.1) is 0 Å². The number of piperazine rings is 1. The molecule has 0 aliphatic carbocycles. The minimum absolute atomic E-state index is 0. The highest BCUT2D eigenvalue weighted by molar-refractivity contribution is 6.30. The number of rotatable bonds is 6. The molecule has 1 aliphatic rings. The topological polar surface area (TPSA) is 84.2 Å². The molecule has 6 nitrogen and oxygen atoms in total. The van der Waals surface area contributed by atoms with Gasteiger partial charge in [0.15, 0.2) is 5.78 Å². The summed E-state index contributed by atoms with van der Waals surface area (Å²) in [5.41, 5.74) is 0.995. The van der Waals surface area contributed by atoms with Crippen molar-refractivity contribution in [2.45, 2.75) is 12.8 Å². The number of benzene rings is 2. The SMILES string of the molecule is Cl.O=C(CCCN1CCN(c2cccc(Cl)c2)CC1)c1c(O)cc(O)cc1O. The zero-order chi connectivity index (χ0) is 19.4. The van der Waals surface area contributed by atoms with Gasteiger partial charge < -0.3 is 20.2 Å². The smallest absolute Gasteiger partial charge is 0.170 e. The lowest BCUT2D eigenvalue weighted by Gasteiger charge is -2.36. The molecule has 0 amide bonds. The molecule has 0 saturated carbocycles. The van der Waals surface area contributed by atoms with Gasteiger partial charge in [0.2, 0.25) is 0 Å². The number of Topliss-reactive ketones (excluding diaryl/α,β-unsaturated/α-hetero) is 1. The Kier molecular flexibility index (Phi) is 7.80. The summed E-state index contributed by atoms with van der Waals surface area (Å²) in [6, 6.07) is 9.94. The monoisotopic (exact) mass is 426 g/mol. The van der Waals surface area contributed by atoms with Crippen LogP contribution in [0.3, 0.4) is 0 Å². The molecule has 8 heteroatoms. The van der Waals surface area contributed by atoms with Crippen molar-refractivity contribution in [3.8, 4) is 17.2 Å². The highest BCUT2D eigenvalue weighted by Crippen LogP contribution is 2.33. The average molecular weight is 427 g/mol. The number of hydrogen-bond donors (Lipinski definition) is 3. The molecule has 152 valence electrons. The predicted octanol–water partition coefficient (Wildman–Crippen LogP) is 3.66. The minimum atomic E-state index is -0.396. The molecule has 1 aliphatic heterocycles. The first-order valence-corrected chi connectivity index (χ1v) is 9.33. The van der Waals surface area contributed by atoms with Crippen LogP contribution >= 0.6 is 24.0 Å². The van der Waals surface area contributed by atoms with Crippen molar-refractivity contribution >= 4 is 35.5 Å². The van der Waals surface area contributed by atoms with Crippen LogP contribution < -0.4 is 4.90 Å². The molecule has 0 bridgehead atoms. The van der Waals surface area contributed by atoms with E-state index in [1.807, 2.05) is 18.2 Å². The van der Waals surface area contributed by atoms with Gasteiger partial charge in [-0.1, -0.05) is 17.7 Å². The molecule has 3 rings (SSSR count). The van der Waals surface area contributed by atoms with Gasteiger partial charge in [0.25, 0.3) is 0 Å². The van der Waals surface area contributed by atoms with E-state index in [0.717, 1.165) is 55.6 Å². The number of phenolic OH excluding ortho intramolecular Hbond substituents is 3. The van der Waals surface area contributed by atoms with Gasteiger partial charge in [-0.2, -0.15) is 0 Å². The Balaban J connectivity index is 0.00000280. The standard InChI is InChI=1S/C20H23ClN2O4.ClH/c21-14-3-1-4-15(11-14)23-9-7-22(8-10-23)6-2-5-17(25)20-18(26)12-16(24)13-19(20)27;/h1,3-4,11-13,24,26-27H,2,5-10H2;1H. The Hall–Kier alpha value is -2.15. The summed E-state index contributed by atoms with van der Waals surface area (Å²) in [6.07, 6.45) is 0.857. The van der Waals surface area contributed by atoms with Crippen molar-refractivity contribution in [1.82, 2.24) is 4.90 Å². The predicted molar refractivity (Wildman–Crippen MR) is 112 cm³/mol. The van der Waals surface area contributed by atoms with Gasteiger partial charge in [0.05, 0.1) is 0 Å². The average Bonchev–Trinajstić information content (AvgIpc) is 2.61. The summed E-state index contributed by atoms with van der Waals surface area (Å²) in [7, 11) is 0. The largest absolute Gasteiger partial charge is 0.508 e. The maximum absolute atomic E-state index is 12.3. The fourth-order valence-electron chi connectivity index (χ4n) is 3.37. The minimum Gasteiger partial charge on any atom is -0.508 e. The molecule has 0 unspecified atom stereocenters. The van der Waals surface area contributed by atoms with E-state index in [0.29, 0.717) is 6.42 Å². The van der Waals surface area contributed by atoms with Crippen LogP contribution in [0.2, 0.25) is 5.02 Å². The van der Waals surface area contributed by atoms with E-state index in [9.17, 15) is 20.1 Å². The van der Waals surface area contributed by atoms with E-state index in [1.54, 1.807) is 0 Å². The summed E-state index contributed by atoms with van der Waals surface area (Å²) in [5, 5.41) is 29.6. The van der Waals surface area contributed by atoms with Gasteiger partial charge in [-0.3, -0.25) is 9.69 Å². The van der Waals surface area contributed by atoms with Crippen molar-refractivity contribution in [3.63, 3.8) is 0 Å². The van der Waals surface area contributed by atoms with Crippen molar-refractivity contribution in [1.29, 1.82) is 0 Å². The lowest BCUT2D eigenvalue weighted by atomic mass is 10.0. The van der Waals surface area contributed by atoms with E-state index >= 15 is 0 Å². The summed E-state index contributed by atoms with van der Waals surface area (Å²) < 4.78 is 0. The second-order valence-corrected chi connectivity index (χ2v) is 7.13. The number of hydrogen-bond acceptors (Lipinski definition) is 6. The molecule has 2 aromatic rings. The van der Waals surface area contributed by atoms with Crippen LogP contribution in [-0.4, -0.2) is 58.7 Å². The summed E-state index contributed by atoms with van der Waals surface area (Å²) in [5.74, 6) is -1.40. The highest BCUT2D eigenvalue weighted by atomic mass is 35.5. The number of carbonyl (C=O) groups excluding carboxylic acids is 1. The summed E-state index contributed by atoms with van der Waals surface area (Å²) >= 11 is 6.05. The molecular formula is C20H24Cl2N2O4. The number of anilines is 1. The zero-order valence-electron chi connectivity index (χ0n) is 15.3. The summed E-state index contributed by atoms with van der Waals surface area (Å²) in [6.45, 7) is 4.36. The molecule has 28 heavy (non-hydrogen) atoms. The van der Waals surface area contributed by atoms with E-state index in [1.165, 1.54) is 0 Å². The fourth-order valence-corrected chi connectivity index (χ4v) is 3.56. The first kappa shape index (κ1) is 22.1. The van der Waals surface area contributed by atoms with Crippen molar-refractivity contribution in [3.05, 3.63) is 47.0 Å². The lowest BCUT2D eigenvalue weighted by molar-refractivity contribution is 0.0969. The Bertz CT molecular complexity index is 801. The number of aromatic hydroxyl groups is 3. The Morgan fingerprint density at radius 3 is 2.25 bits per heavy atom. The molecule has 1 fully saturated rings. The Morgan fingerprint density at radius 1 is 1.00 bits per heavy atom. The third kappa shape index (κ3) is 5.44. The van der Waals surface area contributed by atoms with Crippen LogP contribution in [0.5, 0.6) is 17.2 Å². The maximum atomic E-state index is 12.3. The van der Waals surface area contributed by atoms with Crippen molar-refractivity contribution in [2.75, 3.05) is 37.6 Å². The number of nitrogens with zero attached hydrogens (tertiary/aromatic N) is 2. The second-order valence-electron chi connectivity index (χ2n) is 6.69. The van der Waals surface area contributed by atoms with Crippen molar-refractivity contribution in [2.24, 2.45) is 0 Å². The molecule has 0 atom stereocenters. The van der Waals surface area contributed by atoms with Crippen LogP contribution in [0.4, 0.5) is 5.69 Å². The number of ketones is 1. The number of halogens is 2. The molecule has 1 saturated heterocycles. The van der Waals surface area contributed by atoms with E-state index in [4.69, 9.17) is 11.6 Å². The molecule has 1 heterocycles. The van der Waals surface area contributed by atoms with Gasteiger partial charge in [0.1, 0.15) is 22.8 Å². The fraction of sp³-hybridized carbons (Fsp3) is 0.350. The summed E-state index contributed by atoms with van der Waals surface area (Å²) in [4.78, 5) is 16.9. The van der Waals surface area contributed by atoms with Crippen molar-refractivity contribution < 1.29 is 20.1 Å². The molecule has 0 radical (unpaired) electrons. The van der Waals surface area contributed by atoms with Gasteiger partial charge in [-0.15, -0.1) is 12.4 Å². The molecule has 3 N–H and O–H groups in total. The van der Waals surface area contributed by atoms with Crippen LogP contribution in [0.1, 0.15) is 23.2 Å². The molecular weight excluding hydrogens is 403 g/mol. The van der Waals surface area contributed by atoms with Gasteiger partial charge in [0, 0.05) is 55.4 Å². The van der Waals surface area contributed by atoms with Crippen LogP contribution in [-0.2, 0) is 0 Å². The van der Waals surface area contributed by atoms with Gasteiger partial charge in [-0.05, 0) is 31.2 Å². The lowest BCUT2D eigenvalue weighted by Crippen LogP contribution is -2.46. The molecule has 0 aromatic heterocycles. The highest BCUT2D eigenvalue weighted by Gasteiger charge is 2.20. The normalized spacial score (nSPS) is 14.5. The zero-order valence-corrected chi connectivity index (χ0v) is 16.9. The third-order valence-electron chi connectivity index (χ3n) is 4.78. The first-order valence-electron chi connectivity index (χ1n) is 8.95. The second kappa shape index (κ2) is 9.87. The van der Waals surface area contributed by atoms with Crippen LogP contribution in [0.25, 0.3) is 0 Å². The van der Waals surface area contributed by atoms with Gasteiger partial charge in [-0.25, -0.2) is 0 Å². The Labute approximate surface area is 175 Å². The van der Waals surface area contributed by atoms with Gasteiger partial charge >= 0.3 is 0 Å². The number of phenols is 3. The van der Waals surface area contributed by atoms with E-state index < -0.39 is 11.5 Å². The number of carbonyl (C=O) groups is 1. The van der Waals surface area contributed by atoms with Crippen LogP contribution in [0.15, 0.2) is 36.4 Å². The maximum Gasteiger partial charge on any atom is 0.170 e.